The monoisotopic (exact) mass is 454 g/mol. The van der Waals surface area contributed by atoms with Crippen molar-refractivity contribution >= 4 is 34.7 Å². The summed E-state index contributed by atoms with van der Waals surface area (Å²) < 4.78 is 12.9. The van der Waals surface area contributed by atoms with Gasteiger partial charge < -0.3 is 9.47 Å². The van der Waals surface area contributed by atoms with Gasteiger partial charge in [0, 0.05) is 0 Å². The molecular weight excluding hydrogens is 432 g/mol. The molecule has 0 spiro atoms. The van der Waals surface area contributed by atoms with E-state index in [-0.39, 0.29) is 11.7 Å². The number of carbonyl (C=O) groups excluding carboxylic acids is 1. The number of hydrogen-bond donors (Lipinski definition) is 0. The number of aromatic nitrogens is 1. The Bertz CT molecular complexity index is 1310. The van der Waals surface area contributed by atoms with E-state index >= 15 is 0 Å². The third-order valence-electron chi connectivity index (χ3n) is 4.86. The van der Waals surface area contributed by atoms with Crippen LogP contribution in [0.25, 0.3) is 6.08 Å². The van der Waals surface area contributed by atoms with E-state index in [1.165, 1.54) is 11.3 Å². The number of fused-ring (bicyclic) bond motifs is 1. The number of methoxy groups -OCH3 is 1. The van der Waals surface area contributed by atoms with Crippen molar-refractivity contribution in [3.8, 4) is 5.75 Å². The highest BCUT2D eigenvalue weighted by atomic mass is 32.1. The Labute approximate surface area is 187 Å². The van der Waals surface area contributed by atoms with Crippen LogP contribution in [0.15, 0.2) is 62.1 Å². The van der Waals surface area contributed by atoms with Crippen LogP contribution in [0.4, 0.5) is 0 Å². The number of allylic oxidation sites excluding steroid dienone is 1. The first-order valence-corrected chi connectivity index (χ1v) is 11.5. The molecule has 1 atom stereocenters. The standard InChI is InChI=1S/C23H22N2O4S2/c1-13(2)29-22(27)19-14(3)24-23-25(20(19)16-5-7-17(28-4)8-6-16)21(26)18(31-23)11-15-9-10-30-12-15/h5-13,20H,1-4H3/b18-11+/t20-/m1/s1. The first-order valence-electron chi connectivity index (χ1n) is 9.78. The molecule has 0 saturated carbocycles. The molecule has 1 aliphatic rings. The summed E-state index contributed by atoms with van der Waals surface area (Å²) >= 11 is 2.89. The van der Waals surface area contributed by atoms with E-state index in [0.29, 0.717) is 26.4 Å². The maximum absolute atomic E-state index is 13.4. The molecule has 1 aromatic carbocycles. The molecule has 0 aliphatic carbocycles. The minimum absolute atomic E-state index is 0.182. The van der Waals surface area contributed by atoms with Crippen LogP contribution < -0.4 is 19.6 Å². The minimum atomic E-state index is -0.627. The third kappa shape index (κ3) is 4.13. The Morgan fingerprint density at radius 1 is 1.23 bits per heavy atom. The summed E-state index contributed by atoms with van der Waals surface area (Å²) in [5.41, 5.74) is 2.49. The SMILES string of the molecule is COc1ccc([C@@H]2C(C(=O)OC(C)C)=C(C)N=c3s/c(=C/c4ccsc4)c(=O)n32)cc1. The first kappa shape index (κ1) is 21.3. The van der Waals surface area contributed by atoms with Crippen molar-refractivity contribution in [1.82, 2.24) is 4.57 Å². The van der Waals surface area contributed by atoms with Crippen LogP contribution in [0.3, 0.4) is 0 Å². The zero-order chi connectivity index (χ0) is 22.1. The van der Waals surface area contributed by atoms with Crippen LogP contribution in [0, 0.1) is 0 Å². The number of thiophene rings is 1. The maximum atomic E-state index is 13.4. The molecule has 2 aromatic heterocycles. The van der Waals surface area contributed by atoms with Crippen LogP contribution in [0.1, 0.15) is 37.9 Å². The Hall–Kier alpha value is -2.97. The van der Waals surface area contributed by atoms with Gasteiger partial charge in [0.1, 0.15) is 5.75 Å². The number of esters is 1. The maximum Gasteiger partial charge on any atom is 0.338 e. The van der Waals surface area contributed by atoms with Crippen molar-refractivity contribution < 1.29 is 14.3 Å². The topological polar surface area (TPSA) is 69.9 Å². The molecule has 0 bridgehead atoms. The zero-order valence-electron chi connectivity index (χ0n) is 17.6. The van der Waals surface area contributed by atoms with E-state index in [1.54, 1.807) is 43.8 Å². The van der Waals surface area contributed by atoms with Crippen molar-refractivity contribution in [3.05, 3.63) is 83.2 Å². The molecule has 4 rings (SSSR count). The Kier molecular flexibility index (Phi) is 5.93. The van der Waals surface area contributed by atoms with Gasteiger partial charge in [0.25, 0.3) is 5.56 Å². The number of nitrogens with zero attached hydrogens (tertiary/aromatic N) is 2. The summed E-state index contributed by atoms with van der Waals surface area (Å²) in [5, 5.41) is 3.95. The van der Waals surface area contributed by atoms with E-state index in [4.69, 9.17) is 9.47 Å². The molecule has 6 nitrogen and oxygen atoms in total. The molecule has 0 N–H and O–H groups in total. The number of hydrogen-bond acceptors (Lipinski definition) is 7. The second kappa shape index (κ2) is 8.64. The van der Waals surface area contributed by atoms with Crippen LogP contribution >= 0.6 is 22.7 Å². The summed E-state index contributed by atoms with van der Waals surface area (Å²) in [6.45, 7) is 5.38. The van der Waals surface area contributed by atoms with Crippen molar-refractivity contribution in [3.63, 3.8) is 0 Å². The molecule has 160 valence electrons. The lowest BCUT2D eigenvalue weighted by atomic mass is 9.96. The Morgan fingerprint density at radius 2 is 1.97 bits per heavy atom. The van der Waals surface area contributed by atoms with E-state index in [2.05, 4.69) is 4.99 Å². The zero-order valence-corrected chi connectivity index (χ0v) is 19.3. The van der Waals surface area contributed by atoms with Gasteiger partial charge in [-0.15, -0.1) is 0 Å². The normalized spacial score (nSPS) is 16.3. The number of ether oxygens (including phenoxy) is 2. The van der Waals surface area contributed by atoms with E-state index in [9.17, 15) is 9.59 Å². The average Bonchev–Trinajstić information content (AvgIpc) is 3.35. The average molecular weight is 455 g/mol. The smallest absolute Gasteiger partial charge is 0.338 e. The molecule has 31 heavy (non-hydrogen) atoms. The van der Waals surface area contributed by atoms with E-state index < -0.39 is 12.0 Å². The fraction of sp³-hybridized carbons (Fsp3) is 0.261. The summed E-state index contributed by atoms with van der Waals surface area (Å²) in [6.07, 6.45) is 1.57. The van der Waals surface area contributed by atoms with Crippen molar-refractivity contribution in [1.29, 1.82) is 0 Å². The molecule has 3 aromatic rings. The Balaban J connectivity index is 1.94. The predicted molar refractivity (Wildman–Crippen MR) is 122 cm³/mol. The van der Waals surface area contributed by atoms with Gasteiger partial charge >= 0.3 is 5.97 Å². The van der Waals surface area contributed by atoms with Crippen LogP contribution in [0.2, 0.25) is 0 Å². The second-order valence-electron chi connectivity index (χ2n) is 7.37. The molecule has 1 aliphatic heterocycles. The molecule has 3 heterocycles. The van der Waals surface area contributed by atoms with Gasteiger partial charge in [-0.05, 0) is 66.9 Å². The molecule has 0 amide bonds. The van der Waals surface area contributed by atoms with E-state index in [0.717, 1.165) is 11.1 Å². The van der Waals surface area contributed by atoms with Gasteiger partial charge in [-0.1, -0.05) is 23.5 Å². The van der Waals surface area contributed by atoms with Crippen LogP contribution in [-0.2, 0) is 9.53 Å². The quantitative estimate of drug-likeness (QED) is 0.555. The molecule has 0 unspecified atom stereocenters. The van der Waals surface area contributed by atoms with Crippen molar-refractivity contribution in [2.45, 2.75) is 32.9 Å². The molecule has 8 heteroatoms. The highest BCUT2D eigenvalue weighted by Gasteiger charge is 2.33. The summed E-state index contributed by atoms with van der Waals surface area (Å²) in [4.78, 5) is 31.6. The molecular formula is C23H22N2O4S2. The van der Waals surface area contributed by atoms with Crippen molar-refractivity contribution in [2.75, 3.05) is 7.11 Å². The molecule has 0 saturated heterocycles. The van der Waals surface area contributed by atoms with Gasteiger partial charge in [-0.3, -0.25) is 9.36 Å². The lowest BCUT2D eigenvalue weighted by Crippen LogP contribution is -2.40. The van der Waals surface area contributed by atoms with Crippen LogP contribution in [0.5, 0.6) is 5.75 Å². The van der Waals surface area contributed by atoms with Gasteiger partial charge in [-0.25, -0.2) is 9.79 Å². The lowest BCUT2D eigenvalue weighted by Gasteiger charge is -2.25. The summed E-state index contributed by atoms with van der Waals surface area (Å²) in [7, 11) is 1.60. The number of thiazole rings is 1. The van der Waals surface area contributed by atoms with Gasteiger partial charge in [0.05, 0.1) is 35.1 Å². The van der Waals surface area contributed by atoms with E-state index in [1.807, 2.05) is 47.2 Å². The second-order valence-corrected chi connectivity index (χ2v) is 9.15. The summed E-state index contributed by atoms with van der Waals surface area (Å²) in [5.74, 6) is 0.227. The number of rotatable bonds is 5. The number of carbonyl (C=O) groups is 1. The fourth-order valence-electron chi connectivity index (χ4n) is 3.47. The Morgan fingerprint density at radius 3 is 2.58 bits per heavy atom. The predicted octanol–water partition coefficient (Wildman–Crippen LogP) is 3.26. The summed E-state index contributed by atoms with van der Waals surface area (Å²) in [6, 6.07) is 8.69. The highest BCUT2D eigenvalue weighted by molar-refractivity contribution is 7.08. The third-order valence-corrected chi connectivity index (χ3v) is 6.54. The first-order chi connectivity index (χ1) is 14.9. The van der Waals surface area contributed by atoms with Gasteiger partial charge in [0.2, 0.25) is 0 Å². The van der Waals surface area contributed by atoms with Gasteiger partial charge in [0.15, 0.2) is 4.80 Å². The van der Waals surface area contributed by atoms with Gasteiger partial charge in [-0.2, -0.15) is 11.3 Å². The largest absolute Gasteiger partial charge is 0.497 e. The number of benzene rings is 1. The lowest BCUT2D eigenvalue weighted by molar-refractivity contribution is -0.143. The fourth-order valence-corrected chi connectivity index (χ4v) is 5.13. The molecule has 0 fully saturated rings. The molecule has 0 radical (unpaired) electrons. The highest BCUT2D eigenvalue weighted by Crippen LogP contribution is 2.31. The van der Waals surface area contributed by atoms with Crippen molar-refractivity contribution in [2.24, 2.45) is 4.99 Å². The van der Waals surface area contributed by atoms with Crippen LogP contribution in [-0.4, -0.2) is 23.8 Å². The minimum Gasteiger partial charge on any atom is -0.497 e.